The molecule has 0 atom stereocenters. The van der Waals surface area contributed by atoms with Gasteiger partial charge in [0.05, 0.1) is 0 Å². The fourth-order valence-corrected chi connectivity index (χ4v) is 5.24. The Morgan fingerprint density at radius 3 is 2.25 bits per heavy atom. The molecule has 1 rings (SSSR count). The van der Waals surface area contributed by atoms with Crippen LogP contribution in [0.1, 0.15) is 10.4 Å². The van der Waals surface area contributed by atoms with E-state index >= 15 is 0 Å². The van der Waals surface area contributed by atoms with Gasteiger partial charge in [-0.3, -0.25) is 0 Å². The molecule has 0 radical (unpaired) electrons. The molecule has 0 aliphatic carbocycles. The summed E-state index contributed by atoms with van der Waals surface area (Å²) < 4.78 is 1.65. The molecule has 40 valence electrons. The molecule has 0 amide bonds. The summed E-state index contributed by atoms with van der Waals surface area (Å²) in [5.41, 5.74) is 1.56. The second-order valence-corrected chi connectivity index (χ2v) is 7.61. The first-order chi connectivity index (χ1) is 3.72. The first kappa shape index (κ1) is 7.28. The van der Waals surface area contributed by atoms with Crippen LogP contribution in [0.15, 0.2) is 5.38 Å². The van der Waals surface area contributed by atoms with Gasteiger partial charge in [0.2, 0.25) is 0 Å². The van der Waals surface area contributed by atoms with E-state index in [-0.39, 0.29) is 0 Å². The molecule has 2 heteroatoms. The Labute approximate surface area is 83.1 Å². The summed E-state index contributed by atoms with van der Waals surface area (Å²) in [7, 11) is 0. The van der Waals surface area contributed by atoms with Gasteiger partial charge in [-0.25, -0.2) is 0 Å². The molecular formula is C6H8RaS. The van der Waals surface area contributed by atoms with E-state index in [9.17, 15) is 0 Å². The Hall–Kier alpha value is 1.17. The number of hydrogen-bond donors (Lipinski definition) is 0. The van der Waals surface area contributed by atoms with Gasteiger partial charge >= 0.3 is 84.4 Å². The summed E-state index contributed by atoms with van der Waals surface area (Å²) in [6.45, 7) is 4.42. The Morgan fingerprint density at radius 2 is 2.12 bits per heavy atom. The van der Waals surface area contributed by atoms with Gasteiger partial charge in [0.15, 0.2) is 0 Å². The minimum absolute atomic E-state index is 0.591. The van der Waals surface area contributed by atoms with E-state index in [0.29, 0.717) is 42.8 Å². The van der Waals surface area contributed by atoms with Crippen LogP contribution in [-0.4, -0.2) is 0 Å². The van der Waals surface area contributed by atoms with Crippen LogP contribution in [0.25, 0.3) is 0 Å². The van der Waals surface area contributed by atoms with Crippen molar-refractivity contribution in [3.8, 4) is 0 Å². The van der Waals surface area contributed by atoms with E-state index in [1.165, 1.54) is 4.88 Å². The van der Waals surface area contributed by atoms with E-state index in [1.807, 2.05) is 11.3 Å². The second kappa shape index (κ2) is 2.83. The van der Waals surface area contributed by atoms with Crippen molar-refractivity contribution in [1.82, 2.24) is 0 Å². The zero-order valence-electron chi connectivity index (χ0n) is 5.49. The summed E-state index contributed by atoms with van der Waals surface area (Å²) in [5, 5.41) is 2.30. The molecule has 8 heavy (non-hydrogen) atoms. The fourth-order valence-electron chi connectivity index (χ4n) is 0.631. The Morgan fingerprint density at radius 1 is 1.50 bits per heavy atom. The normalized spacial score (nSPS) is 9.62. The van der Waals surface area contributed by atoms with Crippen LogP contribution in [0.5, 0.6) is 0 Å². The summed E-state index contributed by atoms with van der Waals surface area (Å²) in [6.07, 6.45) is 0. The van der Waals surface area contributed by atoms with Crippen molar-refractivity contribution in [3.05, 3.63) is 15.8 Å². The molecule has 0 aliphatic rings. The summed E-state index contributed by atoms with van der Waals surface area (Å²) in [4.78, 5) is 1.50. The second-order valence-electron chi connectivity index (χ2n) is 2.10. The predicted molar refractivity (Wildman–Crippen MR) is 34.8 cm³/mol. The summed E-state index contributed by atoms with van der Waals surface area (Å²) in [5.74, 6) is 0. The Kier molecular flexibility index (Phi) is 2.58. The zero-order chi connectivity index (χ0) is 6.15. The van der Waals surface area contributed by atoms with E-state index in [0.717, 1.165) is 0 Å². The molecule has 0 bridgehead atoms. The third-order valence-electron chi connectivity index (χ3n) is 1.53. The van der Waals surface area contributed by atoms with Crippen LogP contribution >= 0.6 is 11.3 Å². The SMILES string of the molecule is Cc1sc[c]([RaH])c1C. The average Bonchev–Trinajstić information content (AvgIpc) is 1.98. The number of aryl methyl sites for hydroxylation is 1. The van der Waals surface area contributed by atoms with Crippen LogP contribution in [0.2, 0.25) is 0 Å². The van der Waals surface area contributed by atoms with Gasteiger partial charge in [-0.2, -0.15) is 0 Å². The number of hydrogen-bond acceptors (Lipinski definition) is 1. The van der Waals surface area contributed by atoms with Gasteiger partial charge in [0, 0.05) is 0 Å². The standard InChI is InChI=1S/C6H7S.Ra.H/c1-5-3-4-7-6(5)2;;/h4H,1-2H3;;. The first-order valence-electron chi connectivity index (χ1n) is 2.73. The third-order valence-corrected chi connectivity index (χ3v) is 8.65. The molecule has 1 aromatic rings. The van der Waals surface area contributed by atoms with E-state index < -0.39 is 0 Å². The quantitative estimate of drug-likeness (QED) is 0.669. The molecule has 0 nitrogen and oxygen atoms in total. The molecule has 0 saturated heterocycles. The van der Waals surface area contributed by atoms with Gasteiger partial charge in [0.25, 0.3) is 0 Å². The maximum absolute atomic E-state index is 2.30. The van der Waals surface area contributed by atoms with Gasteiger partial charge in [-0.15, -0.1) is 0 Å². The van der Waals surface area contributed by atoms with Crippen molar-refractivity contribution < 1.29 is 42.8 Å². The maximum atomic E-state index is 2.30. The molecule has 0 fully saturated rings. The van der Waals surface area contributed by atoms with Crippen molar-refractivity contribution >= 4 is 11.9 Å². The van der Waals surface area contributed by atoms with E-state index in [1.54, 1.807) is 6.17 Å². The first-order valence-corrected chi connectivity index (χ1v) is 7.72. The molecule has 0 aromatic carbocycles. The third kappa shape index (κ3) is 1.36. The minimum atomic E-state index is 0.591. The van der Waals surface area contributed by atoms with Gasteiger partial charge in [-0.1, -0.05) is 0 Å². The number of rotatable bonds is 0. The molecule has 0 aliphatic heterocycles. The van der Waals surface area contributed by atoms with Crippen molar-refractivity contribution in [2.24, 2.45) is 0 Å². The van der Waals surface area contributed by atoms with Crippen molar-refractivity contribution in [3.63, 3.8) is 0 Å². The molecule has 1 heterocycles. The molecule has 0 unspecified atom stereocenters. The fraction of sp³-hybridized carbons (Fsp3) is 0.333. The van der Waals surface area contributed by atoms with Crippen molar-refractivity contribution in [1.29, 1.82) is 0 Å². The van der Waals surface area contributed by atoms with Crippen molar-refractivity contribution in [2.45, 2.75) is 13.8 Å². The summed E-state index contributed by atoms with van der Waals surface area (Å²) in [6, 6.07) is 0. The van der Waals surface area contributed by atoms with Crippen LogP contribution in [0, 0.1) is 56.6 Å². The van der Waals surface area contributed by atoms with Crippen LogP contribution < -0.4 is 0.604 Å². The van der Waals surface area contributed by atoms with E-state index in [2.05, 4.69) is 19.2 Å². The zero-order valence-corrected chi connectivity index (χ0v) is 14.5. The molecule has 0 spiro atoms. The molecule has 1 aromatic heterocycles. The molecule has 0 saturated carbocycles. The monoisotopic (exact) mass is 338 g/mol. The van der Waals surface area contributed by atoms with Gasteiger partial charge in [0.1, 0.15) is 0 Å². The van der Waals surface area contributed by atoms with Crippen molar-refractivity contribution in [2.75, 3.05) is 0 Å². The van der Waals surface area contributed by atoms with Gasteiger partial charge in [-0.05, 0) is 0 Å². The molecular weight excluding hydrogens is 330 g/mol. The average molecular weight is 338 g/mol. The van der Waals surface area contributed by atoms with Crippen LogP contribution in [-0.2, 0) is 0 Å². The van der Waals surface area contributed by atoms with Gasteiger partial charge < -0.3 is 0 Å². The summed E-state index contributed by atoms with van der Waals surface area (Å²) >= 11 is 2.48. The van der Waals surface area contributed by atoms with Crippen LogP contribution in [0.4, 0.5) is 0 Å². The number of thiophene rings is 1. The van der Waals surface area contributed by atoms with E-state index in [4.69, 9.17) is 0 Å². The molecule has 0 N–H and O–H groups in total. The predicted octanol–water partition coefficient (Wildman–Crippen LogP) is 1.27. The van der Waals surface area contributed by atoms with Crippen LogP contribution in [0.3, 0.4) is 0 Å². The Balaban J connectivity index is 3.19. The Bertz CT molecular complexity index is 171. The topological polar surface area (TPSA) is 0 Å².